The Kier molecular flexibility index (Phi) is 6.40. The Morgan fingerprint density at radius 1 is 1.22 bits per heavy atom. The zero-order valence-electron chi connectivity index (χ0n) is 13.9. The molecule has 2 amide bonds. The Balaban J connectivity index is 1.69. The second-order valence-electron chi connectivity index (χ2n) is 5.73. The van der Waals surface area contributed by atoms with Crippen LogP contribution in [-0.2, 0) is 16.1 Å². The second kappa shape index (κ2) is 8.53. The minimum absolute atomic E-state index is 0.0103. The molecule has 1 aromatic rings. The van der Waals surface area contributed by atoms with Gasteiger partial charge in [-0.2, -0.15) is 0 Å². The number of benzene rings is 1. The van der Waals surface area contributed by atoms with Crippen LogP contribution in [0.2, 0.25) is 0 Å². The number of rotatable bonds is 5. The first-order chi connectivity index (χ1) is 11.1. The smallest absolute Gasteiger partial charge is 0.409 e. The fraction of sp³-hybridized carbons (Fsp3) is 0.529. The van der Waals surface area contributed by atoms with E-state index in [-0.39, 0.29) is 12.0 Å². The van der Waals surface area contributed by atoms with Gasteiger partial charge in [-0.05, 0) is 19.4 Å². The molecule has 0 spiro atoms. The lowest BCUT2D eigenvalue weighted by Crippen LogP contribution is -2.51. The molecule has 6 nitrogen and oxygen atoms in total. The van der Waals surface area contributed by atoms with Crippen molar-refractivity contribution in [2.75, 3.05) is 39.3 Å². The van der Waals surface area contributed by atoms with Gasteiger partial charge in [-0.3, -0.25) is 9.69 Å². The van der Waals surface area contributed by atoms with Gasteiger partial charge in [0.15, 0.2) is 0 Å². The van der Waals surface area contributed by atoms with E-state index in [9.17, 15) is 9.59 Å². The van der Waals surface area contributed by atoms with Crippen LogP contribution in [0, 0.1) is 6.92 Å². The molecular formula is C17H25N3O3. The largest absolute Gasteiger partial charge is 0.450 e. The van der Waals surface area contributed by atoms with E-state index in [1.54, 1.807) is 11.8 Å². The van der Waals surface area contributed by atoms with E-state index in [0.717, 1.165) is 5.56 Å². The maximum atomic E-state index is 12.0. The van der Waals surface area contributed by atoms with E-state index in [1.807, 2.05) is 25.1 Å². The van der Waals surface area contributed by atoms with Gasteiger partial charge in [0.2, 0.25) is 5.91 Å². The summed E-state index contributed by atoms with van der Waals surface area (Å²) in [4.78, 5) is 27.4. The van der Waals surface area contributed by atoms with Crippen LogP contribution in [-0.4, -0.2) is 61.1 Å². The number of hydrogen-bond donors (Lipinski definition) is 1. The average Bonchev–Trinajstić information content (AvgIpc) is 2.54. The number of hydrogen-bond acceptors (Lipinski definition) is 4. The first-order valence-electron chi connectivity index (χ1n) is 8.04. The summed E-state index contributed by atoms with van der Waals surface area (Å²) in [6.45, 7) is 7.72. The van der Waals surface area contributed by atoms with Crippen LogP contribution in [0.4, 0.5) is 4.79 Å². The molecule has 0 atom stereocenters. The van der Waals surface area contributed by atoms with Crippen LogP contribution in [0.15, 0.2) is 24.3 Å². The van der Waals surface area contributed by atoms with Crippen LogP contribution >= 0.6 is 0 Å². The van der Waals surface area contributed by atoms with Crippen molar-refractivity contribution in [1.82, 2.24) is 15.1 Å². The molecule has 1 aromatic carbocycles. The first-order valence-corrected chi connectivity index (χ1v) is 8.04. The maximum absolute atomic E-state index is 12.0. The Bertz CT molecular complexity index is 540. The standard InChI is InChI=1S/C17H25N3O3/c1-3-23-17(22)20-9-7-19(8-10-20)13-16(21)18-12-15-6-4-5-14(2)11-15/h4-6,11H,3,7-10,12-13H2,1-2H3,(H,18,21). The molecule has 0 aliphatic carbocycles. The molecule has 0 aromatic heterocycles. The normalized spacial score (nSPS) is 15.3. The zero-order valence-corrected chi connectivity index (χ0v) is 13.9. The lowest BCUT2D eigenvalue weighted by atomic mass is 10.1. The Morgan fingerprint density at radius 2 is 1.96 bits per heavy atom. The SMILES string of the molecule is CCOC(=O)N1CCN(CC(=O)NCc2cccc(C)c2)CC1. The number of piperazine rings is 1. The van der Waals surface area contributed by atoms with Gasteiger partial charge in [-0.1, -0.05) is 29.8 Å². The molecule has 6 heteroatoms. The highest BCUT2D eigenvalue weighted by atomic mass is 16.6. The number of carbonyl (C=O) groups excluding carboxylic acids is 2. The molecule has 1 heterocycles. The van der Waals surface area contributed by atoms with Crippen LogP contribution in [0.1, 0.15) is 18.1 Å². The van der Waals surface area contributed by atoms with E-state index in [1.165, 1.54) is 5.56 Å². The molecule has 1 aliphatic rings. The monoisotopic (exact) mass is 319 g/mol. The van der Waals surface area contributed by atoms with Gasteiger partial charge in [0.05, 0.1) is 13.2 Å². The Labute approximate surface area is 137 Å². The highest BCUT2D eigenvalue weighted by molar-refractivity contribution is 5.78. The van der Waals surface area contributed by atoms with Gasteiger partial charge in [-0.15, -0.1) is 0 Å². The van der Waals surface area contributed by atoms with Crippen molar-refractivity contribution in [3.63, 3.8) is 0 Å². The number of ether oxygens (including phenoxy) is 1. The second-order valence-corrected chi connectivity index (χ2v) is 5.73. The minimum atomic E-state index is -0.268. The van der Waals surface area contributed by atoms with Gasteiger partial charge in [0.25, 0.3) is 0 Å². The summed E-state index contributed by atoms with van der Waals surface area (Å²) in [7, 11) is 0. The van der Waals surface area contributed by atoms with Gasteiger partial charge < -0.3 is 15.0 Å². The number of amides is 2. The molecule has 1 N–H and O–H groups in total. The molecule has 1 saturated heterocycles. The lowest BCUT2D eigenvalue weighted by molar-refractivity contribution is -0.122. The summed E-state index contributed by atoms with van der Waals surface area (Å²) in [5.41, 5.74) is 2.29. The minimum Gasteiger partial charge on any atom is -0.450 e. The average molecular weight is 319 g/mol. The van der Waals surface area contributed by atoms with E-state index >= 15 is 0 Å². The maximum Gasteiger partial charge on any atom is 0.409 e. The third kappa shape index (κ3) is 5.56. The van der Waals surface area contributed by atoms with Crippen LogP contribution < -0.4 is 5.32 Å². The molecule has 0 radical (unpaired) electrons. The molecule has 0 bridgehead atoms. The van der Waals surface area contributed by atoms with Crippen molar-refractivity contribution in [3.8, 4) is 0 Å². The summed E-state index contributed by atoms with van der Waals surface area (Å²) in [6, 6.07) is 8.10. The van der Waals surface area contributed by atoms with Gasteiger partial charge in [0, 0.05) is 32.7 Å². The molecule has 1 fully saturated rings. The topological polar surface area (TPSA) is 61.9 Å². The van der Waals surface area contributed by atoms with Crippen molar-refractivity contribution in [2.45, 2.75) is 20.4 Å². The Morgan fingerprint density at radius 3 is 2.61 bits per heavy atom. The van der Waals surface area contributed by atoms with E-state index in [4.69, 9.17) is 4.74 Å². The van der Waals surface area contributed by atoms with Gasteiger partial charge >= 0.3 is 6.09 Å². The summed E-state index contributed by atoms with van der Waals surface area (Å²) >= 11 is 0. The summed E-state index contributed by atoms with van der Waals surface area (Å²) < 4.78 is 4.98. The molecule has 2 rings (SSSR count). The van der Waals surface area contributed by atoms with Crippen LogP contribution in [0.3, 0.4) is 0 Å². The molecule has 126 valence electrons. The first kappa shape index (κ1) is 17.3. The number of nitrogens with zero attached hydrogens (tertiary/aromatic N) is 2. The van der Waals surface area contributed by atoms with Crippen molar-refractivity contribution in [2.24, 2.45) is 0 Å². The van der Waals surface area contributed by atoms with Crippen LogP contribution in [0.25, 0.3) is 0 Å². The van der Waals surface area contributed by atoms with Gasteiger partial charge in [0.1, 0.15) is 0 Å². The number of nitrogens with one attached hydrogen (secondary N) is 1. The molecule has 23 heavy (non-hydrogen) atoms. The van der Waals surface area contributed by atoms with E-state index in [2.05, 4.69) is 16.3 Å². The summed E-state index contributed by atoms with van der Waals surface area (Å²) in [6.07, 6.45) is -0.268. The quantitative estimate of drug-likeness (QED) is 0.891. The lowest BCUT2D eigenvalue weighted by Gasteiger charge is -2.33. The fourth-order valence-electron chi connectivity index (χ4n) is 2.59. The highest BCUT2D eigenvalue weighted by Crippen LogP contribution is 2.05. The van der Waals surface area contributed by atoms with Crippen molar-refractivity contribution in [3.05, 3.63) is 35.4 Å². The number of aryl methyl sites for hydroxylation is 1. The highest BCUT2D eigenvalue weighted by Gasteiger charge is 2.22. The van der Waals surface area contributed by atoms with Crippen molar-refractivity contribution < 1.29 is 14.3 Å². The number of carbonyl (C=O) groups is 2. The van der Waals surface area contributed by atoms with Crippen molar-refractivity contribution >= 4 is 12.0 Å². The molecule has 0 saturated carbocycles. The van der Waals surface area contributed by atoms with E-state index in [0.29, 0.717) is 45.9 Å². The third-order valence-electron chi connectivity index (χ3n) is 3.84. The predicted octanol–water partition coefficient (Wildman–Crippen LogP) is 1.39. The van der Waals surface area contributed by atoms with E-state index < -0.39 is 0 Å². The molecule has 1 aliphatic heterocycles. The fourth-order valence-corrected chi connectivity index (χ4v) is 2.59. The molecular weight excluding hydrogens is 294 g/mol. The predicted molar refractivity (Wildman–Crippen MR) is 88.1 cm³/mol. The third-order valence-corrected chi connectivity index (χ3v) is 3.84. The van der Waals surface area contributed by atoms with Crippen molar-refractivity contribution in [1.29, 1.82) is 0 Å². The van der Waals surface area contributed by atoms with Crippen LogP contribution in [0.5, 0.6) is 0 Å². The zero-order chi connectivity index (χ0) is 16.7. The Hall–Kier alpha value is -2.08. The summed E-state index contributed by atoms with van der Waals surface area (Å²) in [5, 5.41) is 2.94. The molecule has 0 unspecified atom stereocenters. The van der Waals surface area contributed by atoms with Gasteiger partial charge in [-0.25, -0.2) is 4.79 Å². The summed E-state index contributed by atoms with van der Waals surface area (Å²) in [5.74, 6) is 0.0103.